The lowest BCUT2D eigenvalue weighted by atomic mass is 10.3. The Balaban J connectivity index is 2.43. The molecule has 0 spiro atoms. The average molecular weight is 517 g/mol. The van der Waals surface area contributed by atoms with Gasteiger partial charge in [0.1, 0.15) is 5.82 Å². The summed E-state index contributed by atoms with van der Waals surface area (Å²) in [6.45, 7) is 5.08. The van der Waals surface area contributed by atoms with Crippen molar-refractivity contribution >= 4 is 71.6 Å². The minimum Gasteiger partial charge on any atom is -0.369 e. The maximum absolute atomic E-state index is 4.63. The topological polar surface area (TPSA) is 37.8 Å². The van der Waals surface area contributed by atoms with Crippen LogP contribution in [0.5, 0.6) is 0 Å². The second-order valence-electron chi connectivity index (χ2n) is 3.95. The summed E-state index contributed by atoms with van der Waals surface area (Å²) in [7, 11) is 0. The van der Waals surface area contributed by atoms with Gasteiger partial charge in [0, 0.05) is 11.0 Å². The molecule has 0 fully saturated rings. The van der Waals surface area contributed by atoms with Gasteiger partial charge in [-0.15, -0.1) is 11.3 Å². The van der Waals surface area contributed by atoms with Crippen molar-refractivity contribution in [3.05, 3.63) is 23.6 Å². The lowest BCUT2D eigenvalue weighted by Gasteiger charge is -2.09. The summed E-state index contributed by atoms with van der Waals surface area (Å²) in [6, 6.07) is 2.04. The van der Waals surface area contributed by atoms with Gasteiger partial charge in [-0.1, -0.05) is 6.92 Å². The van der Waals surface area contributed by atoms with E-state index in [0.29, 0.717) is 0 Å². The molecule has 2 heterocycles. The molecule has 19 heavy (non-hydrogen) atoms. The van der Waals surface area contributed by atoms with Gasteiger partial charge in [-0.25, -0.2) is 9.97 Å². The molecular weight excluding hydrogens is 505 g/mol. The maximum atomic E-state index is 4.63. The molecule has 0 aromatic carbocycles. The fraction of sp³-hybridized carbons (Fsp3) is 0.333. The smallest absolute Gasteiger partial charge is 0.172 e. The van der Waals surface area contributed by atoms with Crippen LogP contribution in [0.4, 0.5) is 5.82 Å². The fourth-order valence-electron chi connectivity index (χ4n) is 1.49. The van der Waals surface area contributed by atoms with E-state index in [-0.39, 0.29) is 0 Å². The van der Waals surface area contributed by atoms with Gasteiger partial charge >= 0.3 is 0 Å². The van der Waals surface area contributed by atoms with E-state index in [1.807, 2.05) is 13.0 Å². The molecule has 2 aromatic rings. The Hall–Kier alpha value is 0.270. The second kappa shape index (κ2) is 6.82. The van der Waals surface area contributed by atoms with Crippen LogP contribution in [-0.2, 0) is 0 Å². The van der Waals surface area contributed by atoms with E-state index in [9.17, 15) is 0 Å². The molecule has 2 rings (SSSR count). The van der Waals surface area contributed by atoms with E-state index in [2.05, 4.69) is 76.7 Å². The molecule has 0 aliphatic heterocycles. The Morgan fingerprint density at radius 1 is 1.37 bits per heavy atom. The zero-order valence-electron chi connectivity index (χ0n) is 10.4. The number of rotatable bonds is 4. The molecule has 0 radical (unpaired) electrons. The highest BCUT2D eigenvalue weighted by Gasteiger charge is 2.13. The van der Waals surface area contributed by atoms with Crippen molar-refractivity contribution < 1.29 is 0 Å². The van der Waals surface area contributed by atoms with Crippen molar-refractivity contribution in [1.29, 1.82) is 0 Å². The molecule has 0 saturated carbocycles. The molecule has 0 unspecified atom stereocenters. The standard InChI is InChI=1S/C12H12Br2IN3S/c1-3-4-16-12-9(15)6(2)17-11(18-12)8-5-7(13)10(14)19-8/h5H,3-4H2,1-2H3,(H,16,17,18). The van der Waals surface area contributed by atoms with E-state index in [1.165, 1.54) is 0 Å². The first-order chi connectivity index (χ1) is 9.02. The molecule has 0 bridgehead atoms. The molecule has 1 N–H and O–H groups in total. The molecule has 0 atom stereocenters. The Labute approximate surface area is 147 Å². The quantitative estimate of drug-likeness (QED) is 0.548. The first-order valence-corrected chi connectivity index (χ1v) is 9.24. The van der Waals surface area contributed by atoms with Gasteiger partial charge in [-0.2, -0.15) is 0 Å². The molecule has 7 heteroatoms. The van der Waals surface area contributed by atoms with Crippen LogP contribution in [0.3, 0.4) is 0 Å². The maximum Gasteiger partial charge on any atom is 0.172 e. The van der Waals surface area contributed by atoms with Gasteiger partial charge in [-0.3, -0.25) is 0 Å². The number of hydrogen-bond donors (Lipinski definition) is 1. The third-order valence-electron chi connectivity index (χ3n) is 2.42. The number of thiophene rings is 1. The number of aromatic nitrogens is 2. The van der Waals surface area contributed by atoms with E-state index in [4.69, 9.17) is 0 Å². The van der Waals surface area contributed by atoms with Crippen LogP contribution in [0.1, 0.15) is 19.0 Å². The summed E-state index contributed by atoms with van der Waals surface area (Å²) >= 11 is 10.9. The molecule has 0 aliphatic rings. The van der Waals surface area contributed by atoms with Crippen LogP contribution in [0.25, 0.3) is 10.7 Å². The van der Waals surface area contributed by atoms with Gasteiger partial charge in [0.05, 0.1) is 17.9 Å². The largest absolute Gasteiger partial charge is 0.369 e. The zero-order valence-corrected chi connectivity index (χ0v) is 16.6. The number of aryl methyl sites for hydroxylation is 1. The van der Waals surface area contributed by atoms with E-state index in [0.717, 1.165) is 47.0 Å². The molecule has 0 saturated heterocycles. The van der Waals surface area contributed by atoms with Crippen molar-refractivity contribution in [2.45, 2.75) is 20.3 Å². The number of nitrogens with one attached hydrogen (secondary N) is 1. The minimum atomic E-state index is 0.771. The van der Waals surface area contributed by atoms with Crippen LogP contribution in [0.15, 0.2) is 14.3 Å². The first kappa shape index (κ1) is 15.7. The molecule has 3 nitrogen and oxygen atoms in total. The normalized spacial score (nSPS) is 10.8. The van der Waals surface area contributed by atoms with Gasteiger partial charge in [0.2, 0.25) is 0 Å². The van der Waals surface area contributed by atoms with E-state index < -0.39 is 0 Å². The Bertz CT molecular complexity index is 581. The van der Waals surface area contributed by atoms with Gasteiger partial charge < -0.3 is 5.32 Å². The highest BCUT2D eigenvalue weighted by molar-refractivity contribution is 14.1. The lowest BCUT2D eigenvalue weighted by molar-refractivity contribution is 0.959. The second-order valence-corrected chi connectivity index (χ2v) is 8.26. The zero-order chi connectivity index (χ0) is 14.0. The highest BCUT2D eigenvalue weighted by Crippen LogP contribution is 2.37. The first-order valence-electron chi connectivity index (χ1n) is 5.76. The summed E-state index contributed by atoms with van der Waals surface area (Å²) in [5.74, 6) is 1.69. The van der Waals surface area contributed by atoms with Crippen LogP contribution in [0.2, 0.25) is 0 Å². The summed E-state index contributed by atoms with van der Waals surface area (Å²) < 4.78 is 3.19. The third-order valence-corrected chi connectivity index (χ3v) is 6.97. The van der Waals surface area contributed by atoms with Crippen LogP contribution in [0, 0.1) is 10.5 Å². The number of nitrogens with zero attached hydrogens (tertiary/aromatic N) is 2. The highest BCUT2D eigenvalue weighted by atomic mass is 127. The summed E-state index contributed by atoms with van der Waals surface area (Å²) in [6.07, 6.45) is 1.07. The van der Waals surface area contributed by atoms with Crippen molar-refractivity contribution in [2.24, 2.45) is 0 Å². The van der Waals surface area contributed by atoms with Gasteiger partial charge in [0.15, 0.2) is 5.82 Å². The summed E-state index contributed by atoms with van der Waals surface area (Å²) in [4.78, 5) is 10.3. The number of halogens is 3. The summed E-state index contributed by atoms with van der Waals surface area (Å²) in [5.41, 5.74) is 1.00. The van der Waals surface area contributed by atoms with Crippen molar-refractivity contribution in [3.8, 4) is 10.7 Å². The molecule has 0 amide bonds. The van der Waals surface area contributed by atoms with Crippen molar-refractivity contribution in [2.75, 3.05) is 11.9 Å². The Morgan fingerprint density at radius 2 is 2.11 bits per heavy atom. The summed E-state index contributed by atoms with van der Waals surface area (Å²) in [5, 5.41) is 3.36. The molecule has 102 valence electrons. The fourth-order valence-corrected chi connectivity index (χ4v) is 3.89. The SMILES string of the molecule is CCCNc1nc(-c2cc(Br)c(Br)s2)nc(C)c1I. The van der Waals surface area contributed by atoms with Gasteiger partial charge in [0.25, 0.3) is 0 Å². The molecular formula is C12H12Br2IN3S. The van der Waals surface area contributed by atoms with Gasteiger partial charge in [-0.05, 0) is 73.9 Å². The third kappa shape index (κ3) is 3.68. The van der Waals surface area contributed by atoms with Crippen molar-refractivity contribution in [3.63, 3.8) is 0 Å². The molecule has 0 aliphatic carbocycles. The monoisotopic (exact) mass is 515 g/mol. The predicted molar refractivity (Wildman–Crippen MR) is 97.0 cm³/mol. The Morgan fingerprint density at radius 3 is 2.68 bits per heavy atom. The predicted octanol–water partition coefficient (Wildman–Crippen LogP) is 5.47. The lowest BCUT2D eigenvalue weighted by Crippen LogP contribution is -2.07. The average Bonchev–Trinajstić information content (AvgIpc) is 2.71. The molecule has 2 aromatic heterocycles. The van der Waals surface area contributed by atoms with E-state index in [1.54, 1.807) is 11.3 Å². The minimum absolute atomic E-state index is 0.771. The van der Waals surface area contributed by atoms with E-state index >= 15 is 0 Å². The van der Waals surface area contributed by atoms with Crippen LogP contribution in [-0.4, -0.2) is 16.5 Å². The van der Waals surface area contributed by atoms with Crippen molar-refractivity contribution in [1.82, 2.24) is 9.97 Å². The Kier molecular flexibility index (Phi) is 5.62. The number of anilines is 1. The number of hydrogen-bond acceptors (Lipinski definition) is 4. The van der Waals surface area contributed by atoms with Crippen LogP contribution >= 0.6 is 65.8 Å². The van der Waals surface area contributed by atoms with Crippen LogP contribution < -0.4 is 5.32 Å².